The third-order valence-corrected chi connectivity index (χ3v) is 2.85. The van der Waals surface area contributed by atoms with Crippen LogP contribution in [0.1, 0.15) is 24.9 Å². The van der Waals surface area contributed by atoms with Crippen molar-refractivity contribution < 1.29 is 0 Å². The van der Waals surface area contributed by atoms with Crippen LogP contribution in [0.3, 0.4) is 0 Å². The minimum absolute atomic E-state index is 0.0279. The van der Waals surface area contributed by atoms with Gasteiger partial charge in [0.05, 0.1) is 5.69 Å². The smallest absolute Gasteiger partial charge is 0.279 e. The molecule has 0 aliphatic heterocycles. The van der Waals surface area contributed by atoms with Gasteiger partial charge in [-0.25, -0.2) is 4.98 Å². The molecular formula is C11H16N4O. The van der Waals surface area contributed by atoms with Gasteiger partial charge in [-0.05, 0) is 13.3 Å². The Morgan fingerprint density at radius 2 is 2.00 bits per heavy atom. The van der Waals surface area contributed by atoms with Crippen molar-refractivity contribution >= 4 is 11.0 Å². The Bertz CT molecular complexity index is 594. The van der Waals surface area contributed by atoms with Crippen LogP contribution in [0, 0.1) is 6.92 Å². The molecule has 16 heavy (non-hydrogen) atoms. The zero-order valence-electron chi connectivity index (χ0n) is 10.1. The number of aromatic nitrogens is 4. The summed E-state index contributed by atoms with van der Waals surface area (Å²) in [5, 5.41) is 4.36. The van der Waals surface area contributed by atoms with Crippen LogP contribution in [0.25, 0.3) is 11.0 Å². The average molecular weight is 220 g/mol. The number of rotatable bonds is 2. The number of aryl methyl sites for hydroxylation is 3. The molecule has 5 heteroatoms. The second-order valence-electron chi connectivity index (χ2n) is 4.04. The Morgan fingerprint density at radius 1 is 1.31 bits per heavy atom. The Kier molecular flexibility index (Phi) is 2.53. The molecule has 0 atom stereocenters. The molecule has 2 aromatic heterocycles. The van der Waals surface area contributed by atoms with E-state index in [1.54, 1.807) is 23.3 Å². The second kappa shape index (κ2) is 3.73. The molecule has 0 N–H and O–H groups in total. The van der Waals surface area contributed by atoms with Gasteiger partial charge in [0.2, 0.25) is 0 Å². The Balaban J connectivity index is 2.86. The van der Waals surface area contributed by atoms with E-state index in [0.29, 0.717) is 5.52 Å². The molecule has 0 fully saturated rings. The summed E-state index contributed by atoms with van der Waals surface area (Å²) in [5.74, 6) is 0.725. The van der Waals surface area contributed by atoms with Gasteiger partial charge in [0.1, 0.15) is 11.3 Å². The largest absolute Gasteiger partial charge is 0.298 e. The fourth-order valence-corrected chi connectivity index (χ4v) is 1.87. The molecule has 0 spiro atoms. The molecule has 5 nitrogen and oxygen atoms in total. The summed E-state index contributed by atoms with van der Waals surface area (Å²) in [6.45, 7) is 3.93. The average Bonchev–Trinajstić information content (AvgIpc) is 2.53. The Morgan fingerprint density at radius 3 is 2.62 bits per heavy atom. The number of hydrogen-bond acceptors (Lipinski definition) is 3. The third kappa shape index (κ3) is 1.43. The van der Waals surface area contributed by atoms with Gasteiger partial charge in [-0.15, -0.1) is 0 Å². The maximum atomic E-state index is 12.0. The van der Waals surface area contributed by atoms with Crippen molar-refractivity contribution in [1.29, 1.82) is 0 Å². The molecule has 2 heterocycles. The van der Waals surface area contributed by atoms with Crippen molar-refractivity contribution in [3.05, 3.63) is 21.9 Å². The first-order valence-electron chi connectivity index (χ1n) is 5.45. The normalized spacial score (nSPS) is 11.2. The summed E-state index contributed by atoms with van der Waals surface area (Å²) >= 11 is 0. The molecule has 0 bridgehead atoms. The Hall–Kier alpha value is -1.65. The highest BCUT2D eigenvalue weighted by atomic mass is 16.1. The minimum Gasteiger partial charge on any atom is -0.298 e. The van der Waals surface area contributed by atoms with Crippen LogP contribution in [0.5, 0.6) is 0 Å². The maximum absolute atomic E-state index is 12.0. The molecule has 0 saturated carbocycles. The van der Waals surface area contributed by atoms with Crippen LogP contribution in [-0.4, -0.2) is 19.3 Å². The van der Waals surface area contributed by atoms with Gasteiger partial charge in [-0.1, -0.05) is 13.3 Å². The van der Waals surface area contributed by atoms with Crippen molar-refractivity contribution in [2.24, 2.45) is 14.1 Å². The van der Waals surface area contributed by atoms with E-state index in [9.17, 15) is 4.79 Å². The molecule has 0 amide bonds. The fraction of sp³-hybridized carbons (Fsp3) is 0.545. The van der Waals surface area contributed by atoms with Crippen LogP contribution < -0.4 is 5.56 Å². The van der Waals surface area contributed by atoms with Crippen LogP contribution in [0.15, 0.2) is 4.79 Å². The van der Waals surface area contributed by atoms with Crippen LogP contribution in [0.4, 0.5) is 0 Å². The van der Waals surface area contributed by atoms with Crippen LogP contribution in [-0.2, 0) is 20.5 Å². The predicted octanol–water partition coefficient (Wildman–Crippen LogP) is 0.928. The number of hydrogen-bond donors (Lipinski definition) is 0. The zero-order chi connectivity index (χ0) is 11.9. The van der Waals surface area contributed by atoms with Crippen molar-refractivity contribution in [1.82, 2.24) is 19.3 Å². The van der Waals surface area contributed by atoms with Gasteiger partial charge < -0.3 is 0 Å². The van der Waals surface area contributed by atoms with E-state index in [2.05, 4.69) is 17.0 Å². The standard InChI is InChI=1S/C11H16N4O/c1-5-6-8-9-10(15(4)13-8)11(16)14(3)7(2)12-9/h5-6H2,1-4H3. The van der Waals surface area contributed by atoms with Crippen LogP contribution in [0.2, 0.25) is 0 Å². The molecule has 0 radical (unpaired) electrons. The monoisotopic (exact) mass is 220 g/mol. The van der Waals surface area contributed by atoms with E-state index in [0.717, 1.165) is 29.9 Å². The summed E-state index contributed by atoms with van der Waals surface area (Å²) in [6.07, 6.45) is 1.86. The lowest BCUT2D eigenvalue weighted by atomic mass is 10.2. The summed E-state index contributed by atoms with van der Waals surface area (Å²) in [7, 11) is 3.52. The molecule has 2 aromatic rings. The predicted molar refractivity (Wildman–Crippen MR) is 62.5 cm³/mol. The molecule has 0 aliphatic rings. The highest BCUT2D eigenvalue weighted by Crippen LogP contribution is 2.13. The molecule has 86 valence electrons. The van der Waals surface area contributed by atoms with E-state index in [4.69, 9.17) is 0 Å². The summed E-state index contributed by atoms with van der Waals surface area (Å²) in [6, 6.07) is 0. The molecule has 2 rings (SSSR count). The van der Waals surface area contributed by atoms with Crippen molar-refractivity contribution in [3.8, 4) is 0 Å². The molecular weight excluding hydrogens is 204 g/mol. The second-order valence-corrected chi connectivity index (χ2v) is 4.04. The molecule has 0 saturated heterocycles. The summed E-state index contributed by atoms with van der Waals surface area (Å²) in [4.78, 5) is 16.5. The van der Waals surface area contributed by atoms with Gasteiger partial charge >= 0.3 is 0 Å². The number of fused-ring (bicyclic) bond motifs is 1. The quantitative estimate of drug-likeness (QED) is 0.756. The van der Waals surface area contributed by atoms with Gasteiger partial charge in [-0.2, -0.15) is 5.10 Å². The van der Waals surface area contributed by atoms with E-state index >= 15 is 0 Å². The van der Waals surface area contributed by atoms with Crippen LogP contribution >= 0.6 is 0 Å². The van der Waals surface area contributed by atoms with Gasteiger partial charge in [0, 0.05) is 14.1 Å². The van der Waals surface area contributed by atoms with E-state index in [-0.39, 0.29) is 5.56 Å². The maximum Gasteiger partial charge on any atom is 0.279 e. The molecule has 0 aliphatic carbocycles. The van der Waals surface area contributed by atoms with E-state index in [1.807, 2.05) is 6.92 Å². The first-order valence-corrected chi connectivity index (χ1v) is 5.45. The summed E-state index contributed by atoms with van der Waals surface area (Å²) < 4.78 is 3.19. The third-order valence-electron chi connectivity index (χ3n) is 2.85. The Labute approximate surface area is 93.7 Å². The minimum atomic E-state index is -0.0279. The van der Waals surface area contributed by atoms with E-state index in [1.165, 1.54) is 0 Å². The first-order chi connectivity index (χ1) is 7.56. The fourth-order valence-electron chi connectivity index (χ4n) is 1.87. The summed E-state index contributed by atoms with van der Waals surface area (Å²) in [5.41, 5.74) is 2.24. The first kappa shape index (κ1) is 10.9. The zero-order valence-corrected chi connectivity index (χ0v) is 10.1. The van der Waals surface area contributed by atoms with Gasteiger partial charge in [0.25, 0.3) is 5.56 Å². The van der Waals surface area contributed by atoms with Gasteiger partial charge in [0.15, 0.2) is 5.52 Å². The highest BCUT2D eigenvalue weighted by Gasteiger charge is 2.14. The SMILES string of the molecule is CCCc1nn(C)c2c(=O)n(C)c(C)nc12. The lowest BCUT2D eigenvalue weighted by Crippen LogP contribution is -2.22. The van der Waals surface area contributed by atoms with Crippen molar-refractivity contribution in [2.45, 2.75) is 26.7 Å². The van der Waals surface area contributed by atoms with Crippen molar-refractivity contribution in [3.63, 3.8) is 0 Å². The van der Waals surface area contributed by atoms with Crippen molar-refractivity contribution in [2.75, 3.05) is 0 Å². The van der Waals surface area contributed by atoms with Gasteiger partial charge in [-0.3, -0.25) is 14.0 Å². The topological polar surface area (TPSA) is 52.7 Å². The lowest BCUT2D eigenvalue weighted by Gasteiger charge is -2.02. The highest BCUT2D eigenvalue weighted by molar-refractivity contribution is 5.76. The molecule has 0 aromatic carbocycles. The molecule has 0 unspecified atom stereocenters. The lowest BCUT2D eigenvalue weighted by molar-refractivity contribution is 0.739. The van der Waals surface area contributed by atoms with E-state index < -0.39 is 0 Å². The number of nitrogens with zero attached hydrogens (tertiary/aromatic N) is 4.